The number of hydrogen-bond acceptors (Lipinski definition) is 6. The summed E-state index contributed by atoms with van der Waals surface area (Å²) < 4.78 is 27.7. The summed E-state index contributed by atoms with van der Waals surface area (Å²) in [5.74, 6) is 7.25. The van der Waals surface area contributed by atoms with Crippen molar-refractivity contribution in [2.75, 3.05) is 24.7 Å². The summed E-state index contributed by atoms with van der Waals surface area (Å²) in [7, 11) is 1.56. The zero-order valence-electron chi connectivity index (χ0n) is 19.3. The molecule has 3 aromatic heterocycles. The molecule has 30 heavy (non-hydrogen) atoms. The van der Waals surface area contributed by atoms with Gasteiger partial charge in [-0.1, -0.05) is 5.92 Å². The van der Waals surface area contributed by atoms with E-state index in [9.17, 15) is 4.79 Å². The number of fused-ring (bicyclic) bond motifs is 1. The van der Waals surface area contributed by atoms with Gasteiger partial charge < -0.3 is 15.4 Å². The van der Waals surface area contributed by atoms with Gasteiger partial charge in [-0.25, -0.2) is 15.0 Å². The molecule has 0 bridgehead atoms. The number of amides is 1. The summed E-state index contributed by atoms with van der Waals surface area (Å²) >= 11 is 0. The first-order valence-electron chi connectivity index (χ1n) is 11.2. The van der Waals surface area contributed by atoms with Gasteiger partial charge in [0.15, 0.2) is 0 Å². The van der Waals surface area contributed by atoms with E-state index in [-0.39, 0.29) is 23.1 Å². The fourth-order valence-electron chi connectivity index (χ4n) is 3.75. The zero-order chi connectivity index (χ0) is 23.2. The molecule has 2 aliphatic rings. The lowest BCUT2D eigenvalue weighted by molar-refractivity contribution is -0.117. The number of carbonyl (C=O) groups excluding carboxylic acids is 1. The highest BCUT2D eigenvalue weighted by molar-refractivity contribution is 6.00. The van der Waals surface area contributed by atoms with Crippen molar-refractivity contribution in [1.82, 2.24) is 15.0 Å². The van der Waals surface area contributed by atoms with Gasteiger partial charge in [-0.05, 0) is 48.8 Å². The molecule has 150 valence electrons. The average molecular weight is 402 g/mol. The van der Waals surface area contributed by atoms with Crippen LogP contribution >= 0.6 is 0 Å². The number of anilines is 2. The Hall–Kier alpha value is -3.66. The minimum Gasteiger partial charge on any atom is -0.495 e. The van der Waals surface area contributed by atoms with Gasteiger partial charge in [-0.15, -0.1) is 0 Å². The van der Waals surface area contributed by atoms with Crippen LogP contribution in [0.5, 0.6) is 5.75 Å². The van der Waals surface area contributed by atoms with E-state index < -0.39 is 6.98 Å². The van der Waals surface area contributed by atoms with E-state index in [0.717, 1.165) is 19.3 Å². The molecule has 0 unspecified atom stereocenters. The largest absolute Gasteiger partial charge is 0.495 e. The van der Waals surface area contributed by atoms with Gasteiger partial charge in [-0.2, -0.15) is 0 Å². The van der Waals surface area contributed by atoms with Crippen LogP contribution in [0.25, 0.3) is 10.8 Å². The predicted molar refractivity (Wildman–Crippen MR) is 114 cm³/mol. The number of rotatable bonds is 4. The highest BCUT2D eigenvalue weighted by atomic mass is 16.5. The van der Waals surface area contributed by atoms with Crippen LogP contribution in [0.15, 0.2) is 36.8 Å². The van der Waals surface area contributed by atoms with Crippen molar-refractivity contribution in [1.29, 1.82) is 0 Å². The molecule has 1 amide bonds. The van der Waals surface area contributed by atoms with E-state index >= 15 is 0 Å². The second-order valence-corrected chi connectivity index (χ2v) is 7.70. The Labute approximate surface area is 178 Å². The maximum absolute atomic E-state index is 12.6. The van der Waals surface area contributed by atoms with Crippen LogP contribution in [-0.4, -0.2) is 34.9 Å². The average Bonchev–Trinajstić information content (AvgIpc) is 3.71. The van der Waals surface area contributed by atoms with Crippen molar-refractivity contribution in [2.24, 2.45) is 11.3 Å². The minimum atomic E-state index is -2.42. The second kappa shape index (κ2) is 6.99. The predicted octanol–water partition coefficient (Wildman–Crippen LogP) is 3.21. The molecule has 7 heteroatoms. The molecule has 0 aromatic carbocycles. The standard InChI is InChI=1S/C23H21N5O2/c1-24-21-18-13-26-20(28-22(29)19-10-23(19)7-8-23)9-17(18)14(11-27-21)3-4-15-5-6-16(30-2)12-25-15/h5-6,9,11-13,19H,7-8,10H2,1-2H3,(H,24,27)(H,26,28,29)/t19-/m1/s1/i1D3. The first-order valence-corrected chi connectivity index (χ1v) is 9.66. The lowest BCUT2D eigenvalue weighted by Gasteiger charge is -2.09. The van der Waals surface area contributed by atoms with Gasteiger partial charge in [0.2, 0.25) is 5.91 Å². The van der Waals surface area contributed by atoms with Crippen molar-refractivity contribution in [3.05, 3.63) is 48.0 Å². The van der Waals surface area contributed by atoms with E-state index in [0.29, 0.717) is 33.6 Å². The number of hydrogen-bond donors (Lipinski definition) is 2. The van der Waals surface area contributed by atoms with Crippen LogP contribution in [0, 0.1) is 23.2 Å². The Bertz CT molecular complexity index is 1310. The summed E-state index contributed by atoms with van der Waals surface area (Å²) in [6.45, 7) is -2.42. The zero-order valence-corrected chi connectivity index (χ0v) is 16.3. The molecule has 1 atom stereocenters. The maximum Gasteiger partial charge on any atom is 0.229 e. The van der Waals surface area contributed by atoms with Crippen molar-refractivity contribution in [3.63, 3.8) is 0 Å². The maximum atomic E-state index is 12.6. The topological polar surface area (TPSA) is 89.0 Å². The summed E-state index contributed by atoms with van der Waals surface area (Å²) in [6, 6.07) is 5.20. The third-order valence-corrected chi connectivity index (χ3v) is 5.84. The highest BCUT2D eigenvalue weighted by Crippen LogP contribution is 2.70. The third kappa shape index (κ3) is 3.30. The number of methoxy groups -OCH3 is 1. The van der Waals surface area contributed by atoms with Gasteiger partial charge in [0, 0.05) is 40.2 Å². The highest BCUT2D eigenvalue weighted by Gasteiger charge is 2.65. The van der Waals surface area contributed by atoms with Crippen LogP contribution in [-0.2, 0) is 4.79 Å². The number of ether oxygens (including phenoxy) is 1. The second-order valence-electron chi connectivity index (χ2n) is 7.70. The number of aromatic nitrogens is 3. The molecular weight excluding hydrogens is 378 g/mol. The Kier molecular flexibility index (Phi) is 3.55. The van der Waals surface area contributed by atoms with Crippen LogP contribution in [0.2, 0.25) is 0 Å². The molecule has 3 heterocycles. The smallest absolute Gasteiger partial charge is 0.229 e. The van der Waals surface area contributed by atoms with Crippen molar-refractivity contribution >= 4 is 28.3 Å². The SMILES string of the molecule is [2H]C([2H])([2H])Nc1ncc(C#Cc2ccc(OC)cn2)c2cc(NC(=O)[C@H]3CC34CC4)ncc12. The molecule has 7 nitrogen and oxygen atoms in total. The van der Waals surface area contributed by atoms with E-state index in [1.165, 1.54) is 12.4 Å². The molecule has 3 aromatic rings. The lowest BCUT2D eigenvalue weighted by atomic mass is 10.1. The van der Waals surface area contributed by atoms with Crippen molar-refractivity contribution < 1.29 is 13.6 Å². The summed E-state index contributed by atoms with van der Waals surface area (Å²) in [6.07, 6.45) is 7.75. The molecule has 2 fully saturated rings. The number of nitrogens with zero attached hydrogens (tertiary/aromatic N) is 3. The van der Waals surface area contributed by atoms with E-state index in [2.05, 4.69) is 37.4 Å². The molecule has 5 rings (SSSR count). The van der Waals surface area contributed by atoms with Crippen LogP contribution in [0.4, 0.5) is 11.6 Å². The van der Waals surface area contributed by atoms with Gasteiger partial charge in [0.1, 0.15) is 23.1 Å². The van der Waals surface area contributed by atoms with E-state index in [1.807, 2.05) is 0 Å². The van der Waals surface area contributed by atoms with Crippen LogP contribution in [0.1, 0.15) is 34.6 Å². The van der Waals surface area contributed by atoms with Gasteiger partial charge in [-0.3, -0.25) is 4.79 Å². The third-order valence-electron chi connectivity index (χ3n) is 5.84. The van der Waals surface area contributed by atoms with Gasteiger partial charge >= 0.3 is 0 Å². The molecule has 2 aliphatic carbocycles. The van der Waals surface area contributed by atoms with Crippen molar-refractivity contribution in [2.45, 2.75) is 19.3 Å². The molecule has 1 spiro atoms. The number of pyridine rings is 3. The summed E-state index contributed by atoms with van der Waals surface area (Å²) in [5, 5.41) is 6.44. The Morgan fingerprint density at radius 3 is 2.80 bits per heavy atom. The monoisotopic (exact) mass is 402 g/mol. The number of carbonyl (C=O) groups is 1. The normalized spacial score (nSPS) is 19.6. The molecule has 0 radical (unpaired) electrons. The molecule has 2 saturated carbocycles. The molecule has 0 aliphatic heterocycles. The minimum absolute atomic E-state index is 0.0238. The lowest BCUT2D eigenvalue weighted by Crippen LogP contribution is -2.16. The Morgan fingerprint density at radius 1 is 1.20 bits per heavy atom. The molecular formula is C23H21N5O2. The molecule has 2 N–H and O–H groups in total. The Balaban J connectivity index is 1.50. The summed E-state index contributed by atoms with van der Waals surface area (Å²) in [4.78, 5) is 25.4. The molecule has 0 saturated heterocycles. The summed E-state index contributed by atoms with van der Waals surface area (Å²) in [5.41, 5.74) is 1.34. The first-order chi connectivity index (χ1) is 15.8. The van der Waals surface area contributed by atoms with Gasteiger partial charge in [0.25, 0.3) is 0 Å². The van der Waals surface area contributed by atoms with E-state index in [1.54, 1.807) is 31.5 Å². The fourth-order valence-corrected chi connectivity index (χ4v) is 3.75. The Morgan fingerprint density at radius 2 is 2.10 bits per heavy atom. The van der Waals surface area contributed by atoms with Gasteiger partial charge in [0.05, 0.1) is 18.9 Å². The first kappa shape index (κ1) is 15.2. The number of nitrogens with one attached hydrogen (secondary N) is 2. The fraction of sp³-hybridized carbons (Fsp3) is 0.304. The quantitative estimate of drug-likeness (QED) is 0.652. The van der Waals surface area contributed by atoms with Crippen LogP contribution in [0.3, 0.4) is 0 Å². The van der Waals surface area contributed by atoms with Crippen LogP contribution < -0.4 is 15.4 Å². The van der Waals surface area contributed by atoms with Crippen molar-refractivity contribution in [3.8, 4) is 17.6 Å². The van der Waals surface area contributed by atoms with E-state index in [4.69, 9.17) is 8.85 Å².